The second-order valence-corrected chi connectivity index (χ2v) is 10.4. The molecule has 2 aromatic rings. The standard InChI is InChI=1S/C18H28N4O3S/c1-18(2,3)26(23,24)22-14-8-6-13(7-9-14)12-19-17-11-15(20-21-17)16-5-4-10-25-16/h4-5,10-11,13-14,22H,6-9,12H2,1-3H3,(H2,19,20,21). The Morgan fingerprint density at radius 1 is 1.27 bits per heavy atom. The van der Waals surface area contributed by atoms with E-state index in [1.54, 1.807) is 27.0 Å². The second kappa shape index (κ2) is 7.44. The molecule has 0 saturated heterocycles. The van der Waals surface area contributed by atoms with Crippen LogP contribution < -0.4 is 10.0 Å². The van der Waals surface area contributed by atoms with Crippen LogP contribution in [-0.4, -0.2) is 35.9 Å². The first-order chi connectivity index (χ1) is 12.2. The number of aromatic nitrogens is 2. The number of hydrogen-bond donors (Lipinski definition) is 3. The Labute approximate surface area is 155 Å². The summed E-state index contributed by atoms with van der Waals surface area (Å²) in [6, 6.07) is 5.71. The monoisotopic (exact) mass is 380 g/mol. The number of hydrogen-bond acceptors (Lipinski definition) is 5. The predicted molar refractivity (Wildman–Crippen MR) is 102 cm³/mol. The molecule has 0 atom stereocenters. The normalized spacial score (nSPS) is 21.7. The molecule has 0 bridgehead atoms. The summed E-state index contributed by atoms with van der Waals surface area (Å²) in [6.45, 7) is 6.02. The van der Waals surface area contributed by atoms with Crippen molar-refractivity contribution >= 4 is 15.8 Å². The van der Waals surface area contributed by atoms with Crippen LogP contribution in [0.5, 0.6) is 0 Å². The van der Waals surface area contributed by atoms with Crippen LogP contribution in [0, 0.1) is 5.92 Å². The topological polar surface area (TPSA) is 100 Å². The minimum Gasteiger partial charge on any atom is -0.463 e. The van der Waals surface area contributed by atoms with Crippen molar-refractivity contribution in [2.45, 2.75) is 57.2 Å². The highest BCUT2D eigenvalue weighted by molar-refractivity contribution is 7.90. The summed E-state index contributed by atoms with van der Waals surface area (Å²) in [5, 5.41) is 10.6. The molecule has 1 aliphatic carbocycles. The minimum absolute atomic E-state index is 0.0476. The third-order valence-corrected chi connectivity index (χ3v) is 7.17. The molecule has 2 aromatic heterocycles. The molecule has 1 fully saturated rings. The van der Waals surface area contributed by atoms with Crippen LogP contribution >= 0.6 is 0 Å². The van der Waals surface area contributed by atoms with E-state index in [0.29, 0.717) is 5.92 Å². The van der Waals surface area contributed by atoms with Crippen molar-refractivity contribution < 1.29 is 12.8 Å². The molecule has 0 unspecified atom stereocenters. The smallest absolute Gasteiger partial charge is 0.216 e. The summed E-state index contributed by atoms with van der Waals surface area (Å²) in [7, 11) is -3.28. The number of nitrogens with zero attached hydrogens (tertiary/aromatic N) is 1. The zero-order valence-corrected chi connectivity index (χ0v) is 16.4. The number of furan rings is 1. The molecule has 0 spiro atoms. The van der Waals surface area contributed by atoms with Gasteiger partial charge in [-0.2, -0.15) is 5.10 Å². The molecule has 0 radical (unpaired) electrons. The van der Waals surface area contributed by atoms with Gasteiger partial charge in [0.1, 0.15) is 11.5 Å². The highest BCUT2D eigenvalue weighted by Gasteiger charge is 2.32. The lowest BCUT2D eigenvalue weighted by molar-refractivity contribution is 0.322. The lowest BCUT2D eigenvalue weighted by Gasteiger charge is -2.31. The lowest BCUT2D eigenvalue weighted by atomic mass is 9.86. The van der Waals surface area contributed by atoms with E-state index in [2.05, 4.69) is 20.2 Å². The van der Waals surface area contributed by atoms with Crippen molar-refractivity contribution in [3.63, 3.8) is 0 Å². The summed E-state index contributed by atoms with van der Waals surface area (Å²) in [4.78, 5) is 0. The average molecular weight is 381 g/mol. The number of aromatic amines is 1. The van der Waals surface area contributed by atoms with Crippen LogP contribution in [0.4, 0.5) is 5.82 Å². The largest absolute Gasteiger partial charge is 0.463 e. The number of sulfonamides is 1. The Morgan fingerprint density at radius 3 is 2.62 bits per heavy atom. The lowest BCUT2D eigenvalue weighted by Crippen LogP contribution is -2.46. The molecular weight excluding hydrogens is 352 g/mol. The first-order valence-electron chi connectivity index (χ1n) is 9.09. The molecule has 0 aliphatic heterocycles. The van der Waals surface area contributed by atoms with Gasteiger partial charge in [0.25, 0.3) is 0 Å². The van der Waals surface area contributed by atoms with Crippen LogP contribution in [0.3, 0.4) is 0 Å². The third-order valence-electron chi connectivity index (χ3n) is 4.91. The van der Waals surface area contributed by atoms with Crippen molar-refractivity contribution in [1.29, 1.82) is 0 Å². The van der Waals surface area contributed by atoms with E-state index in [4.69, 9.17) is 4.42 Å². The minimum atomic E-state index is -3.28. The van der Waals surface area contributed by atoms with E-state index in [0.717, 1.165) is 49.5 Å². The van der Waals surface area contributed by atoms with Gasteiger partial charge >= 0.3 is 0 Å². The first kappa shape index (κ1) is 19.0. The molecule has 1 saturated carbocycles. The van der Waals surface area contributed by atoms with Crippen molar-refractivity contribution in [3.8, 4) is 11.5 Å². The van der Waals surface area contributed by atoms with Gasteiger partial charge in [0.05, 0.1) is 11.0 Å². The van der Waals surface area contributed by atoms with Gasteiger partial charge in [-0.15, -0.1) is 0 Å². The van der Waals surface area contributed by atoms with Crippen LogP contribution in [0.15, 0.2) is 28.9 Å². The van der Waals surface area contributed by atoms with Gasteiger partial charge in [0, 0.05) is 18.7 Å². The van der Waals surface area contributed by atoms with Gasteiger partial charge in [-0.1, -0.05) is 0 Å². The summed E-state index contributed by atoms with van der Waals surface area (Å²) < 4.78 is 32.0. The van der Waals surface area contributed by atoms with Gasteiger partial charge in [0.2, 0.25) is 10.0 Å². The maximum Gasteiger partial charge on any atom is 0.216 e. The summed E-state index contributed by atoms with van der Waals surface area (Å²) in [5.41, 5.74) is 0.845. The van der Waals surface area contributed by atoms with E-state index < -0.39 is 14.8 Å². The molecule has 7 nitrogen and oxygen atoms in total. The average Bonchev–Trinajstić information content (AvgIpc) is 3.24. The Kier molecular flexibility index (Phi) is 5.43. The van der Waals surface area contributed by atoms with E-state index >= 15 is 0 Å². The number of anilines is 1. The third kappa shape index (κ3) is 4.48. The molecule has 26 heavy (non-hydrogen) atoms. The molecule has 8 heteroatoms. The second-order valence-electron chi connectivity index (χ2n) is 7.98. The van der Waals surface area contributed by atoms with Crippen molar-refractivity contribution in [2.75, 3.05) is 11.9 Å². The fraction of sp³-hybridized carbons (Fsp3) is 0.611. The van der Waals surface area contributed by atoms with E-state index in [-0.39, 0.29) is 6.04 Å². The molecule has 2 heterocycles. The van der Waals surface area contributed by atoms with Crippen LogP contribution in [0.2, 0.25) is 0 Å². The Balaban J connectivity index is 1.45. The molecule has 3 N–H and O–H groups in total. The fourth-order valence-corrected chi connectivity index (χ4v) is 4.13. The Hall–Kier alpha value is -1.80. The van der Waals surface area contributed by atoms with Gasteiger partial charge < -0.3 is 9.73 Å². The molecular formula is C18H28N4O3S. The molecule has 0 aromatic carbocycles. The summed E-state index contributed by atoms with van der Waals surface area (Å²) >= 11 is 0. The van der Waals surface area contributed by atoms with Crippen LogP contribution in [-0.2, 0) is 10.0 Å². The van der Waals surface area contributed by atoms with Gasteiger partial charge in [-0.05, 0) is 64.5 Å². The Morgan fingerprint density at radius 2 is 2.00 bits per heavy atom. The maximum absolute atomic E-state index is 12.3. The van der Waals surface area contributed by atoms with E-state index in [1.165, 1.54) is 0 Å². The molecule has 0 amide bonds. The van der Waals surface area contributed by atoms with Crippen LogP contribution in [0.1, 0.15) is 46.5 Å². The SMILES string of the molecule is CC(C)(C)S(=O)(=O)NC1CCC(CNc2cc(-c3ccco3)[nH]n2)CC1. The first-order valence-corrected chi connectivity index (χ1v) is 10.6. The molecule has 3 rings (SSSR count). The highest BCUT2D eigenvalue weighted by Crippen LogP contribution is 2.27. The van der Waals surface area contributed by atoms with E-state index in [9.17, 15) is 8.42 Å². The van der Waals surface area contributed by atoms with Crippen molar-refractivity contribution in [3.05, 3.63) is 24.5 Å². The maximum atomic E-state index is 12.3. The van der Waals surface area contributed by atoms with E-state index in [1.807, 2.05) is 18.2 Å². The number of rotatable bonds is 6. The van der Waals surface area contributed by atoms with Gasteiger partial charge in [-0.25, -0.2) is 13.1 Å². The molecule has 1 aliphatic rings. The summed E-state index contributed by atoms with van der Waals surface area (Å²) in [5.74, 6) is 2.08. The fourth-order valence-electron chi connectivity index (χ4n) is 3.10. The zero-order valence-electron chi connectivity index (χ0n) is 15.6. The van der Waals surface area contributed by atoms with Crippen LogP contribution in [0.25, 0.3) is 11.5 Å². The zero-order chi connectivity index (χ0) is 18.8. The quantitative estimate of drug-likeness (QED) is 0.713. The Bertz CT molecular complexity index is 798. The van der Waals surface area contributed by atoms with Crippen molar-refractivity contribution in [1.82, 2.24) is 14.9 Å². The predicted octanol–water partition coefficient (Wildman–Crippen LogP) is 3.36. The van der Waals surface area contributed by atoms with Gasteiger partial charge in [0.15, 0.2) is 5.76 Å². The highest BCUT2D eigenvalue weighted by atomic mass is 32.2. The molecule has 144 valence electrons. The van der Waals surface area contributed by atoms with Crippen molar-refractivity contribution in [2.24, 2.45) is 5.92 Å². The number of nitrogens with one attached hydrogen (secondary N) is 3. The summed E-state index contributed by atoms with van der Waals surface area (Å²) in [6.07, 6.45) is 5.38. The number of H-pyrrole nitrogens is 1. The van der Waals surface area contributed by atoms with Gasteiger partial charge in [-0.3, -0.25) is 5.10 Å².